The first-order chi connectivity index (χ1) is 10.2. The Balaban J connectivity index is 1.80. The molecule has 1 fully saturated rings. The maximum Gasteiger partial charge on any atom is 0.254 e. The molecular formula is C18H24BrNO. The van der Waals surface area contributed by atoms with Crippen LogP contribution in [0.25, 0.3) is 0 Å². The molecule has 1 aromatic carbocycles. The maximum absolute atomic E-state index is 12.9. The van der Waals surface area contributed by atoms with Gasteiger partial charge in [-0.05, 0) is 42.7 Å². The third-order valence-electron chi connectivity index (χ3n) is 5.13. The summed E-state index contributed by atoms with van der Waals surface area (Å²) in [5.41, 5.74) is 2.45. The normalized spacial score (nSPS) is 21.8. The highest BCUT2D eigenvalue weighted by atomic mass is 79.9. The fourth-order valence-electron chi connectivity index (χ4n) is 3.87. The summed E-state index contributed by atoms with van der Waals surface area (Å²) in [5, 5.41) is 1.02. The molecule has 0 atom stereocenters. The Bertz CT molecular complexity index is 508. The van der Waals surface area contributed by atoms with Gasteiger partial charge in [-0.15, -0.1) is 0 Å². The lowest BCUT2D eigenvalue weighted by atomic mass is 9.75. The van der Waals surface area contributed by atoms with Crippen LogP contribution in [0.1, 0.15) is 54.4 Å². The minimum atomic E-state index is 0.244. The molecule has 0 unspecified atom stereocenters. The van der Waals surface area contributed by atoms with Gasteiger partial charge in [0, 0.05) is 24.0 Å². The predicted octanol–water partition coefficient (Wildman–Crippen LogP) is 4.42. The summed E-state index contributed by atoms with van der Waals surface area (Å²) >= 11 is 3.73. The number of hydrogen-bond acceptors (Lipinski definition) is 1. The largest absolute Gasteiger partial charge is 0.338 e. The molecule has 114 valence electrons. The van der Waals surface area contributed by atoms with E-state index >= 15 is 0 Å². The number of carbonyl (C=O) groups excluding carboxylic acids is 1. The van der Waals surface area contributed by atoms with Crippen molar-refractivity contribution in [1.29, 1.82) is 0 Å². The molecule has 0 spiro atoms. The molecule has 0 saturated heterocycles. The van der Waals surface area contributed by atoms with Gasteiger partial charge in [0.1, 0.15) is 0 Å². The van der Waals surface area contributed by atoms with E-state index in [2.05, 4.69) is 26.9 Å². The first-order valence-electron chi connectivity index (χ1n) is 8.17. The molecular weight excluding hydrogens is 326 g/mol. The number of amides is 1. The van der Waals surface area contributed by atoms with Gasteiger partial charge in [0.15, 0.2) is 0 Å². The minimum absolute atomic E-state index is 0.244. The first kappa shape index (κ1) is 15.1. The average Bonchev–Trinajstić information content (AvgIpc) is 2.69. The summed E-state index contributed by atoms with van der Waals surface area (Å²) in [6.45, 7) is 1.83. The van der Waals surface area contributed by atoms with E-state index in [1.807, 2.05) is 18.2 Å². The number of fused-ring (bicyclic) bond motifs is 1. The number of aryl methyl sites for hydroxylation is 1. The molecule has 2 aliphatic rings. The molecule has 0 bridgehead atoms. The van der Waals surface area contributed by atoms with Crippen LogP contribution in [0.5, 0.6) is 0 Å². The van der Waals surface area contributed by atoms with Gasteiger partial charge in [-0.25, -0.2) is 0 Å². The minimum Gasteiger partial charge on any atom is -0.338 e. The Morgan fingerprint density at radius 3 is 2.62 bits per heavy atom. The number of alkyl halides is 1. The molecule has 3 heteroatoms. The average molecular weight is 350 g/mol. The molecule has 21 heavy (non-hydrogen) atoms. The van der Waals surface area contributed by atoms with Crippen molar-refractivity contribution in [3.05, 3.63) is 35.4 Å². The molecule has 0 aromatic heterocycles. The second-order valence-electron chi connectivity index (χ2n) is 6.68. The molecule has 0 radical (unpaired) electrons. The summed E-state index contributed by atoms with van der Waals surface area (Å²) in [6.07, 6.45) is 8.59. The van der Waals surface area contributed by atoms with Crippen molar-refractivity contribution in [1.82, 2.24) is 4.90 Å². The smallest absolute Gasteiger partial charge is 0.254 e. The van der Waals surface area contributed by atoms with Crippen molar-refractivity contribution >= 4 is 21.8 Å². The molecule has 1 aliphatic heterocycles. The Morgan fingerprint density at radius 2 is 1.86 bits per heavy atom. The lowest BCUT2D eigenvalue weighted by Gasteiger charge is -2.40. The van der Waals surface area contributed by atoms with Crippen LogP contribution in [0.4, 0.5) is 0 Å². The lowest BCUT2D eigenvalue weighted by Crippen LogP contribution is -2.43. The van der Waals surface area contributed by atoms with Gasteiger partial charge < -0.3 is 4.90 Å². The highest BCUT2D eigenvalue weighted by Crippen LogP contribution is 2.39. The van der Waals surface area contributed by atoms with Crippen molar-refractivity contribution in [3.63, 3.8) is 0 Å². The Hall–Kier alpha value is -0.830. The summed E-state index contributed by atoms with van der Waals surface area (Å²) in [6, 6.07) is 8.14. The van der Waals surface area contributed by atoms with E-state index in [4.69, 9.17) is 0 Å². The van der Waals surface area contributed by atoms with Crippen molar-refractivity contribution < 1.29 is 4.79 Å². The Kier molecular flexibility index (Phi) is 4.68. The third-order valence-corrected chi connectivity index (χ3v) is 6.32. The van der Waals surface area contributed by atoms with Gasteiger partial charge in [0.25, 0.3) is 5.91 Å². The first-order valence-corrected chi connectivity index (χ1v) is 9.29. The number of rotatable bonds is 3. The van der Waals surface area contributed by atoms with E-state index in [9.17, 15) is 4.79 Å². The zero-order valence-electron chi connectivity index (χ0n) is 12.6. The number of hydrogen-bond donors (Lipinski definition) is 0. The molecule has 1 heterocycles. The van der Waals surface area contributed by atoms with E-state index in [1.54, 1.807) is 0 Å². The van der Waals surface area contributed by atoms with Gasteiger partial charge in [-0.2, -0.15) is 0 Å². The van der Waals surface area contributed by atoms with Crippen molar-refractivity contribution in [2.45, 2.75) is 44.9 Å². The standard InChI is InChI=1S/C18H24BrNO/c19-13-18(10-4-1-5-11-18)14-20-12-6-8-15-7-2-3-9-16(15)17(20)21/h2-3,7,9H,1,4-6,8,10-14H2. The van der Waals surface area contributed by atoms with E-state index in [-0.39, 0.29) is 5.91 Å². The van der Waals surface area contributed by atoms with Gasteiger partial charge in [0.2, 0.25) is 0 Å². The monoisotopic (exact) mass is 349 g/mol. The highest BCUT2D eigenvalue weighted by molar-refractivity contribution is 9.09. The van der Waals surface area contributed by atoms with Gasteiger partial charge in [-0.3, -0.25) is 4.79 Å². The fourth-order valence-corrected chi connectivity index (χ4v) is 4.61. The molecule has 0 N–H and O–H groups in total. The maximum atomic E-state index is 12.9. The molecule has 3 rings (SSSR count). The van der Waals surface area contributed by atoms with Gasteiger partial charge >= 0.3 is 0 Å². The van der Waals surface area contributed by atoms with Crippen molar-refractivity contribution in [2.75, 3.05) is 18.4 Å². The fraction of sp³-hybridized carbons (Fsp3) is 0.611. The molecule has 1 aliphatic carbocycles. The molecule has 1 aromatic rings. The molecule has 1 amide bonds. The molecule has 1 saturated carbocycles. The number of nitrogens with zero attached hydrogens (tertiary/aromatic N) is 1. The van der Waals surface area contributed by atoms with Gasteiger partial charge in [0.05, 0.1) is 0 Å². The van der Waals surface area contributed by atoms with Crippen LogP contribution in [0.3, 0.4) is 0 Å². The predicted molar refractivity (Wildman–Crippen MR) is 90.0 cm³/mol. The summed E-state index contributed by atoms with van der Waals surface area (Å²) < 4.78 is 0. The van der Waals surface area contributed by atoms with Gasteiger partial charge in [-0.1, -0.05) is 53.4 Å². The van der Waals surface area contributed by atoms with E-state index in [0.29, 0.717) is 5.41 Å². The van der Waals surface area contributed by atoms with Crippen LogP contribution >= 0.6 is 15.9 Å². The SMILES string of the molecule is O=C1c2ccccc2CCCN1CC1(CBr)CCCCC1. The van der Waals surface area contributed by atoms with Crippen LogP contribution in [-0.4, -0.2) is 29.2 Å². The quantitative estimate of drug-likeness (QED) is 0.739. The van der Waals surface area contributed by atoms with Crippen LogP contribution in [-0.2, 0) is 6.42 Å². The van der Waals surface area contributed by atoms with Crippen LogP contribution in [0, 0.1) is 5.41 Å². The number of benzene rings is 1. The van der Waals surface area contributed by atoms with Crippen LogP contribution in [0.15, 0.2) is 24.3 Å². The van der Waals surface area contributed by atoms with E-state index in [1.165, 1.54) is 37.7 Å². The zero-order chi connectivity index (χ0) is 14.7. The topological polar surface area (TPSA) is 20.3 Å². The number of carbonyl (C=O) groups is 1. The zero-order valence-corrected chi connectivity index (χ0v) is 14.2. The lowest BCUT2D eigenvalue weighted by molar-refractivity contribution is 0.0635. The van der Waals surface area contributed by atoms with E-state index in [0.717, 1.165) is 36.8 Å². The third kappa shape index (κ3) is 3.18. The Labute approximate surface area is 136 Å². The van der Waals surface area contributed by atoms with Crippen LogP contribution < -0.4 is 0 Å². The second-order valence-corrected chi connectivity index (χ2v) is 7.24. The van der Waals surface area contributed by atoms with E-state index < -0.39 is 0 Å². The molecule has 2 nitrogen and oxygen atoms in total. The Morgan fingerprint density at radius 1 is 1.10 bits per heavy atom. The number of halogens is 1. The van der Waals surface area contributed by atoms with Crippen LogP contribution in [0.2, 0.25) is 0 Å². The summed E-state index contributed by atoms with van der Waals surface area (Å²) in [7, 11) is 0. The highest BCUT2D eigenvalue weighted by Gasteiger charge is 2.35. The summed E-state index contributed by atoms with van der Waals surface area (Å²) in [4.78, 5) is 15.0. The second kappa shape index (κ2) is 6.51. The van der Waals surface area contributed by atoms with Crippen molar-refractivity contribution in [3.8, 4) is 0 Å². The summed E-state index contributed by atoms with van der Waals surface area (Å²) in [5.74, 6) is 0.244. The van der Waals surface area contributed by atoms with Crippen molar-refractivity contribution in [2.24, 2.45) is 5.41 Å².